The lowest BCUT2D eigenvalue weighted by molar-refractivity contribution is 0.710. The van der Waals surface area contributed by atoms with Gasteiger partial charge in [-0.2, -0.15) is 5.10 Å². The minimum absolute atomic E-state index is 0.262. The van der Waals surface area contributed by atoms with E-state index in [9.17, 15) is 4.79 Å². The number of nitrogens with one attached hydrogen (secondary N) is 2. The molecule has 0 radical (unpaired) electrons. The van der Waals surface area contributed by atoms with Crippen molar-refractivity contribution in [2.45, 2.75) is 0 Å². The van der Waals surface area contributed by atoms with Crippen LogP contribution in [0.2, 0.25) is 5.02 Å². The molecule has 3 rings (SSSR count). The van der Waals surface area contributed by atoms with Crippen LogP contribution in [0.5, 0.6) is 0 Å². The molecule has 0 aliphatic carbocycles. The third kappa shape index (κ3) is 2.08. The summed E-state index contributed by atoms with van der Waals surface area (Å²) in [4.78, 5) is 15.1. The summed E-state index contributed by atoms with van der Waals surface area (Å²) in [5.41, 5.74) is 1.91. The van der Waals surface area contributed by atoms with Gasteiger partial charge < -0.3 is 10.3 Å². The predicted molar refractivity (Wildman–Crippen MR) is 76.1 cm³/mol. The molecule has 6 heteroatoms. The number of nitrogens with zero attached hydrogens (tertiary/aromatic N) is 2. The topological polar surface area (TPSA) is 62.7 Å². The Bertz CT molecular complexity index is 806. The zero-order chi connectivity index (χ0) is 13.4. The number of hydrogen-bond acceptors (Lipinski definition) is 3. The summed E-state index contributed by atoms with van der Waals surface area (Å²) >= 11 is 6.00. The van der Waals surface area contributed by atoms with Crippen molar-refractivity contribution in [3.63, 3.8) is 0 Å². The molecule has 2 N–H and O–H groups in total. The van der Waals surface area contributed by atoms with Crippen LogP contribution < -0.4 is 10.9 Å². The molecule has 0 atom stereocenters. The Kier molecular flexibility index (Phi) is 2.76. The summed E-state index contributed by atoms with van der Waals surface area (Å²) in [5, 5.41) is 8.26. The van der Waals surface area contributed by atoms with Gasteiger partial charge in [0.1, 0.15) is 5.69 Å². The van der Waals surface area contributed by atoms with Gasteiger partial charge in [0, 0.05) is 29.8 Å². The fourth-order valence-electron chi connectivity index (χ4n) is 1.91. The number of anilines is 2. The molecular weight excluding hydrogens is 264 g/mol. The van der Waals surface area contributed by atoms with Gasteiger partial charge in [-0.25, -0.2) is 4.68 Å². The summed E-state index contributed by atoms with van der Waals surface area (Å²) in [6.45, 7) is 0. The molecule has 0 aliphatic heterocycles. The highest BCUT2D eigenvalue weighted by Gasteiger charge is 2.08. The quantitative estimate of drug-likeness (QED) is 0.755. The SMILES string of the molecule is Cn1ncc(Cl)c(Nc2ccc3[nH]ccc3c2)c1=O. The minimum Gasteiger partial charge on any atom is -0.361 e. The van der Waals surface area contributed by atoms with Crippen molar-refractivity contribution in [3.05, 3.63) is 52.0 Å². The maximum absolute atomic E-state index is 12.0. The molecular formula is C13H11ClN4O. The van der Waals surface area contributed by atoms with Crippen molar-refractivity contribution in [3.8, 4) is 0 Å². The van der Waals surface area contributed by atoms with Gasteiger partial charge in [-0.1, -0.05) is 11.6 Å². The maximum Gasteiger partial charge on any atom is 0.291 e. The standard InChI is InChI=1S/C13H11ClN4O/c1-18-13(19)12(10(14)7-16-18)17-9-2-3-11-8(6-9)4-5-15-11/h2-7,15,17H,1H3. The summed E-state index contributed by atoms with van der Waals surface area (Å²) in [5.74, 6) is 0. The molecule has 0 aliphatic rings. The Morgan fingerprint density at radius 1 is 1.37 bits per heavy atom. The average molecular weight is 275 g/mol. The number of halogens is 1. The number of H-pyrrole nitrogens is 1. The van der Waals surface area contributed by atoms with Gasteiger partial charge in [-0.15, -0.1) is 0 Å². The number of rotatable bonds is 2. The van der Waals surface area contributed by atoms with Gasteiger partial charge in [0.2, 0.25) is 0 Å². The Balaban J connectivity index is 2.05. The smallest absolute Gasteiger partial charge is 0.291 e. The lowest BCUT2D eigenvalue weighted by Crippen LogP contribution is -2.22. The molecule has 2 aromatic heterocycles. The fraction of sp³-hybridized carbons (Fsp3) is 0.0769. The molecule has 3 aromatic rings. The van der Waals surface area contributed by atoms with E-state index < -0.39 is 0 Å². The highest BCUT2D eigenvalue weighted by Crippen LogP contribution is 2.23. The monoisotopic (exact) mass is 274 g/mol. The van der Waals surface area contributed by atoms with Crippen LogP contribution in [-0.4, -0.2) is 14.8 Å². The van der Waals surface area contributed by atoms with E-state index in [0.29, 0.717) is 10.7 Å². The first-order valence-electron chi connectivity index (χ1n) is 5.71. The number of aromatic amines is 1. The first-order valence-corrected chi connectivity index (χ1v) is 6.09. The number of hydrogen-bond donors (Lipinski definition) is 2. The molecule has 0 amide bonds. The molecule has 0 saturated heterocycles. The highest BCUT2D eigenvalue weighted by molar-refractivity contribution is 6.33. The first-order chi connectivity index (χ1) is 9.15. The fourth-order valence-corrected chi connectivity index (χ4v) is 2.08. The Hall–Kier alpha value is -2.27. The second-order valence-corrected chi connectivity index (χ2v) is 4.61. The van der Waals surface area contributed by atoms with Crippen molar-refractivity contribution < 1.29 is 0 Å². The second-order valence-electron chi connectivity index (χ2n) is 4.20. The van der Waals surface area contributed by atoms with E-state index in [1.54, 1.807) is 7.05 Å². The van der Waals surface area contributed by atoms with Crippen molar-refractivity contribution >= 4 is 33.9 Å². The number of fused-ring (bicyclic) bond motifs is 1. The van der Waals surface area contributed by atoms with Crippen LogP contribution in [0.15, 0.2) is 41.5 Å². The first kappa shape index (κ1) is 11.8. The van der Waals surface area contributed by atoms with E-state index in [0.717, 1.165) is 16.6 Å². The van der Waals surface area contributed by atoms with Crippen molar-refractivity contribution in [2.24, 2.45) is 7.05 Å². The van der Waals surface area contributed by atoms with Gasteiger partial charge in [-0.05, 0) is 24.3 Å². The van der Waals surface area contributed by atoms with E-state index in [4.69, 9.17) is 11.6 Å². The molecule has 0 fully saturated rings. The third-order valence-corrected chi connectivity index (χ3v) is 3.20. The zero-order valence-corrected chi connectivity index (χ0v) is 10.9. The van der Waals surface area contributed by atoms with Crippen LogP contribution in [-0.2, 0) is 7.05 Å². The summed E-state index contributed by atoms with van der Waals surface area (Å²) in [7, 11) is 1.58. The van der Waals surface area contributed by atoms with Crippen molar-refractivity contribution in [1.82, 2.24) is 14.8 Å². The van der Waals surface area contributed by atoms with Gasteiger partial charge >= 0.3 is 0 Å². The van der Waals surface area contributed by atoms with E-state index >= 15 is 0 Å². The second kappa shape index (κ2) is 4.44. The molecule has 0 bridgehead atoms. The summed E-state index contributed by atoms with van der Waals surface area (Å²) in [6, 6.07) is 7.74. The van der Waals surface area contributed by atoms with Crippen LogP contribution in [0.1, 0.15) is 0 Å². The third-order valence-electron chi connectivity index (χ3n) is 2.91. The van der Waals surface area contributed by atoms with Gasteiger partial charge in [0.25, 0.3) is 5.56 Å². The van der Waals surface area contributed by atoms with E-state index in [2.05, 4.69) is 15.4 Å². The molecule has 0 unspecified atom stereocenters. The van der Waals surface area contributed by atoms with Gasteiger partial charge in [-0.3, -0.25) is 4.79 Å². The van der Waals surface area contributed by atoms with E-state index in [1.165, 1.54) is 10.9 Å². The van der Waals surface area contributed by atoms with Gasteiger partial charge in [0.15, 0.2) is 0 Å². The predicted octanol–water partition coefficient (Wildman–Crippen LogP) is 2.66. The van der Waals surface area contributed by atoms with Gasteiger partial charge in [0.05, 0.1) is 11.2 Å². The molecule has 5 nitrogen and oxygen atoms in total. The maximum atomic E-state index is 12.0. The Morgan fingerprint density at radius 2 is 2.21 bits per heavy atom. The lowest BCUT2D eigenvalue weighted by atomic mass is 10.2. The molecule has 0 saturated carbocycles. The van der Waals surface area contributed by atoms with E-state index in [-0.39, 0.29) is 5.56 Å². The summed E-state index contributed by atoms with van der Waals surface area (Å²) in [6.07, 6.45) is 3.31. The zero-order valence-electron chi connectivity index (χ0n) is 10.1. The van der Waals surface area contributed by atoms with Crippen LogP contribution >= 0.6 is 11.6 Å². The van der Waals surface area contributed by atoms with Crippen LogP contribution in [0.4, 0.5) is 11.4 Å². The van der Waals surface area contributed by atoms with Crippen molar-refractivity contribution in [2.75, 3.05) is 5.32 Å². The minimum atomic E-state index is -0.262. The van der Waals surface area contributed by atoms with Crippen LogP contribution in [0.25, 0.3) is 10.9 Å². The Labute approximate surface area is 113 Å². The Morgan fingerprint density at radius 3 is 3.05 bits per heavy atom. The van der Waals surface area contributed by atoms with E-state index in [1.807, 2.05) is 30.5 Å². The normalized spacial score (nSPS) is 10.8. The number of aryl methyl sites for hydroxylation is 1. The molecule has 2 heterocycles. The highest BCUT2D eigenvalue weighted by atomic mass is 35.5. The summed E-state index contributed by atoms with van der Waals surface area (Å²) < 4.78 is 1.24. The molecule has 1 aromatic carbocycles. The van der Waals surface area contributed by atoms with Crippen LogP contribution in [0, 0.1) is 0 Å². The lowest BCUT2D eigenvalue weighted by Gasteiger charge is -2.08. The number of aromatic nitrogens is 3. The average Bonchev–Trinajstić information content (AvgIpc) is 2.86. The van der Waals surface area contributed by atoms with Crippen molar-refractivity contribution in [1.29, 1.82) is 0 Å². The molecule has 0 spiro atoms. The molecule has 96 valence electrons. The van der Waals surface area contributed by atoms with Crippen LogP contribution in [0.3, 0.4) is 0 Å². The molecule has 19 heavy (non-hydrogen) atoms. The largest absolute Gasteiger partial charge is 0.361 e. The number of benzene rings is 1.